The normalized spacial score (nSPS) is 19.3. The fourth-order valence-electron chi connectivity index (χ4n) is 3.20. The molecule has 0 saturated heterocycles. The molecule has 1 aliphatic heterocycles. The van der Waals surface area contributed by atoms with E-state index in [4.69, 9.17) is 0 Å². The van der Waals surface area contributed by atoms with Crippen LogP contribution in [0.2, 0.25) is 0 Å². The molecule has 0 N–H and O–H groups in total. The van der Waals surface area contributed by atoms with Gasteiger partial charge >= 0.3 is 0 Å². The molecular weight excluding hydrogens is 377 g/mol. The molecule has 21 heavy (non-hydrogen) atoms. The van der Waals surface area contributed by atoms with E-state index in [-0.39, 0.29) is 17.7 Å². The van der Waals surface area contributed by atoms with E-state index >= 15 is 0 Å². The summed E-state index contributed by atoms with van der Waals surface area (Å²) >= 11 is 2.12. The number of benzene rings is 2. The summed E-state index contributed by atoms with van der Waals surface area (Å²) in [5, 5.41) is 0. The minimum Gasteiger partial charge on any atom is -0.274 e. The third kappa shape index (κ3) is 1.85. The van der Waals surface area contributed by atoms with Crippen LogP contribution >= 0.6 is 22.6 Å². The Kier molecular flexibility index (Phi) is 2.89. The Labute approximate surface area is 136 Å². The molecule has 2 aromatic rings. The number of amides is 2. The van der Waals surface area contributed by atoms with Crippen molar-refractivity contribution >= 4 is 34.4 Å². The Morgan fingerprint density at radius 2 is 1.86 bits per heavy atom. The molecule has 0 spiro atoms. The summed E-state index contributed by atoms with van der Waals surface area (Å²) in [6.07, 6.45) is 0.945. The number of nitrogens with zero attached hydrogens (tertiary/aromatic N) is 1. The summed E-state index contributed by atoms with van der Waals surface area (Å²) in [5.74, 6) is -0.0247. The molecule has 1 aliphatic carbocycles. The topological polar surface area (TPSA) is 37.4 Å². The highest BCUT2D eigenvalue weighted by Crippen LogP contribution is 2.37. The van der Waals surface area contributed by atoms with Gasteiger partial charge < -0.3 is 0 Å². The molecule has 0 aromatic heterocycles. The predicted molar refractivity (Wildman–Crippen MR) is 87.4 cm³/mol. The predicted octanol–water partition coefficient (Wildman–Crippen LogP) is 3.23. The summed E-state index contributed by atoms with van der Waals surface area (Å²) in [4.78, 5) is 26.4. The lowest BCUT2D eigenvalue weighted by atomic mass is 9.77. The van der Waals surface area contributed by atoms with Crippen LogP contribution in [0.5, 0.6) is 0 Å². The average molecular weight is 389 g/mol. The largest absolute Gasteiger partial charge is 0.274 e. The number of imide groups is 1. The van der Waals surface area contributed by atoms with Crippen LogP contribution < -0.4 is 0 Å². The number of hydrogen-bond donors (Lipinski definition) is 0. The van der Waals surface area contributed by atoms with Crippen molar-refractivity contribution in [2.75, 3.05) is 6.54 Å². The molecule has 0 saturated carbocycles. The van der Waals surface area contributed by atoms with Gasteiger partial charge in [0.25, 0.3) is 11.8 Å². The maximum absolute atomic E-state index is 12.5. The van der Waals surface area contributed by atoms with E-state index < -0.39 is 0 Å². The zero-order valence-electron chi connectivity index (χ0n) is 11.2. The van der Waals surface area contributed by atoms with Gasteiger partial charge in [-0.1, -0.05) is 30.3 Å². The van der Waals surface area contributed by atoms with E-state index in [1.54, 1.807) is 6.07 Å². The van der Waals surface area contributed by atoms with Gasteiger partial charge in [0, 0.05) is 16.0 Å². The number of hydrogen-bond acceptors (Lipinski definition) is 2. The summed E-state index contributed by atoms with van der Waals surface area (Å²) < 4.78 is 0.847. The third-order valence-corrected chi connectivity index (χ3v) is 5.21. The smallest absolute Gasteiger partial charge is 0.262 e. The van der Waals surface area contributed by atoms with Gasteiger partial charge in [-0.3, -0.25) is 14.5 Å². The molecule has 2 amide bonds. The molecular formula is C17H12INO2. The van der Waals surface area contributed by atoms with Crippen LogP contribution in [0.3, 0.4) is 0 Å². The van der Waals surface area contributed by atoms with Gasteiger partial charge in [-0.25, -0.2) is 0 Å². The molecule has 0 bridgehead atoms. The van der Waals surface area contributed by atoms with Crippen LogP contribution in [0.25, 0.3) is 0 Å². The summed E-state index contributed by atoms with van der Waals surface area (Å²) in [6.45, 7) is 0.486. The minimum absolute atomic E-state index is 0.149. The number of carbonyl (C=O) groups is 2. The van der Waals surface area contributed by atoms with E-state index in [2.05, 4.69) is 34.7 Å². The Hall–Kier alpha value is -1.69. The maximum atomic E-state index is 12.5. The molecule has 1 heterocycles. The fourth-order valence-corrected chi connectivity index (χ4v) is 3.93. The molecule has 1 atom stereocenters. The lowest BCUT2D eigenvalue weighted by Gasteiger charge is -2.32. The van der Waals surface area contributed by atoms with E-state index in [0.29, 0.717) is 17.7 Å². The molecule has 2 aliphatic rings. The third-order valence-electron chi connectivity index (χ3n) is 4.31. The number of halogens is 1. The second kappa shape index (κ2) is 4.66. The monoisotopic (exact) mass is 389 g/mol. The van der Waals surface area contributed by atoms with Crippen LogP contribution in [0.4, 0.5) is 0 Å². The number of carbonyl (C=O) groups excluding carboxylic acids is 2. The van der Waals surface area contributed by atoms with Crippen molar-refractivity contribution in [1.82, 2.24) is 4.90 Å². The second-order valence-corrected chi connectivity index (χ2v) is 6.65. The standard InChI is InChI=1S/C17H12INO2/c18-14-7-3-6-13-15(14)17(21)19(16(13)20)9-11-8-10-4-1-2-5-12(10)11/h1-7,11H,8-9H2. The lowest BCUT2D eigenvalue weighted by molar-refractivity contribution is 0.0640. The molecule has 2 aromatic carbocycles. The number of fused-ring (bicyclic) bond motifs is 2. The highest BCUT2D eigenvalue weighted by Gasteiger charge is 2.39. The van der Waals surface area contributed by atoms with E-state index in [9.17, 15) is 9.59 Å². The first-order valence-electron chi connectivity index (χ1n) is 6.89. The summed E-state index contributed by atoms with van der Waals surface area (Å²) in [6, 6.07) is 13.7. The maximum Gasteiger partial charge on any atom is 0.262 e. The average Bonchev–Trinajstić information content (AvgIpc) is 2.70. The van der Waals surface area contributed by atoms with Gasteiger partial charge in [0.15, 0.2) is 0 Å². The van der Waals surface area contributed by atoms with Crippen molar-refractivity contribution < 1.29 is 9.59 Å². The zero-order valence-corrected chi connectivity index (χ0v) is 13.3. The van der Waals surface area contributed by atoms with Crippen LogP contribution in [0.15, 0.2) is 42.5 Å². The molecule has 4 rings (SSSR count). The molecule has 0 radical (unpaired) electrons. The first-order valence-corrected chi connectivity index (χ1v) is 7.97. The summed E-state index contributed by atoms with van der Waals surface area (Å²) in [7, 11) is 0. The highest BCUT2D eigenvalue weighted by molar-refractivity contribution is 14.1. The van der Waals surface area contributed by atoms with Crippen LogP contribution in [0.1, 0.15) is 37.8 Å². The van der Waals surface area contributed by atoms with Gasteiger partial charge in [0.2, 0.25) is 0 Å². The molecule has 3 nitrogen and oxygen atoms in total. The van der Waals surface area contributed by atoms with Crippen LogP contribution in [-0.4, -0.2) is 23.3 Å². The Bertz CT molecular complexity index is 784. The zero-order chi connectivity index (χ0) is 14.6. The van der Waals surface area contributed by atoms with Crippen molar-refractivity contribution in [2.45, 2.75) is 12.3 Å². The minimum atomic E-state index is -0.155. The second-order valence-electron chi connectivity index (χ2n) is 5.48. The van der Waals surface area contributed by atoms with E-state index in [1.807, 2.05) is 24.3 Å². The van der Waals surface area contributed by atoms with Crippen LogP contribution in [-0.2, 0) is 6.42 Å². The van der Waals surface area contributed by atoms with Crippen molar-refractivity contribution in [1.29, 1.82) is 0 Å². The van der Waals surface area contributed by atoms with Gasteiger partial charge in [0.05, 0.1) is 11.1 Å². The van der Waals surface area contributed by atoms with Crippen molar-refractivity contribution in [3.63, 3.8) is 0 Å². The van der Waals surface area contributed by atoms with E-state index in [1.165, 1.54) is 16.0 Å². The van der Waals surface area contributed by atoms with Gasteiger partial charge in [-0.15, -0.1) is 0 Å². The van der Waals surface area contributed by atoms with E-state index in [0.717, 1.165) is 9.99 Å². The molecule has 104 valence electrons. The van der Waals surface area contributed by atoms with Gasteiger partial charge in [-0.2, -0.15) is 0 Å². The lowest BCUT2D eigenvalue weighted by Crippen LogP contribution is -2.37. The Morgan fingerprint density at radius 1 is 1.05 bits per heavy atom. The number of rotatable bonds is 2. The van der Waals surface area contributed by atoms with Gasteiger partial charge in [-0.05, 0) is 52.3 Å². The van der Waals surface area contributed by atoms with Crippen molar-refractivity contribution in [2.24, 2.45) is 0 Å². The highest BCUT2D eigenvalue weighted by atomic mass is 127. The molecule has 0 fully saturated rings. The van der Waals surface area contributed by atoms with Crippen molar-refractivity contribution in [3.05, 3.63) is 68.3 Å². The Balaban J connectivity index is 1.63. The van der Waals surface area contributed by atoms with Crippen molar-refractivity contribution in [3.8, 4) is 0 Å². The quantitative estimate of drug-likeness (QED) is 0.585. The first-order chi connectivity index (χ1) is 10.2. The SMILES string of the molecule is O=C1c2cccc(I)c2C(=O)N1CC1Cc2ccccc21. The Morgan fingerprint density at radius 3 is 2.62 bits per heavy atom. The van der Waals surface area contributed by atoms with Gasteiger partial charge in [0.1, 0.15) is 0 Å². The molecule has 4 heteroatoms. The molecule has 1 unspecified atom stereocenters. The van der Waals surface area contributed by atoms with Crippen LogP contribution in [0, 0.1) is 3.57 Å². The first kappa shape index (κ1) is 13.0. The summed E-state index contributed by atoms with van der Waals surface area (Å²) in [5.41, 5.74) is 3.70. The fraction of sp³-hybridized carbons (Fsp3) is 0.176.